The molecular weight excluding hydrogens is 212 g/mol. The third-order valence-corrected chi connectivity index (χ3v) is 4.00. The lowest BCUT2D eigenvalue weighted by Crippen LogP contribution is -2.08. The van der Waals surface area contributed by atoms with E-state index in [9.17, 15) is 13.2 Å². The smallest absolute Gasteiger partial charge is 0.175 e. The molecule has 0 heterocycles. The predicted molar refractivity (Wildman–Crippen MR) is 56.5 cm³/mol. The van der Waals surface area contributed by atoms with Crippen LogP contribution in [-0.2, 0) is 20.0 Å². The molecule has 0 aromatic heterocycles. The first-order valence-corrected chi connectivity index (χ1v) is 6.64. The summed E-state index contributed by atoms with van der Waals surface area (Å²) >= 11 is 0. The fraction of sp³-hybridized carbons (Fsp3) is 0.364. The van der Waals surface area contributed by atoms with E-state index in [-0.39, 0.29) is 5.41 Å². The van der Waals surface area contributed by atoms with Gasteiger partial charge in [-0.25, -0.2) is 8.42 Å². The molecule has 1 aliphatic rings. The Kier molecular flexibility index (Phi) is 2.19. The summed E-state index contributed by atoms with van der Waals surface area (Å²) in [6.45, 7) is 0. The summed E-state index contributed by atoms with van der Waals surface area (Å²) in [6.07, 6.45) is 3.88. The summed E-state index contributed by atoms with van der Waals surface area (Å²) in [4.78, 5) is 11.2. The molecule has 3 nitrogen and oxygen atoms in total. The molecule has 1 aromatic carbocycles. The second-order valence-electron chi connectivity index (χ2n) is 4.07. The largest absolute Gasteiger partial charge is 0.302 e. The third kappa shape index (κ3) is 1.81. The van der Waals surface area contributed by atoms with Crippen LogP contribution in [0.4, 0.5) is 0 Å². The van der Waals surface area contributed by atoms with Crippen LogP contribution in [0.1, 0.15) is 18.4 Å². The third-order valence-electron chi connectivity index (χ3n) is 2.87. The molecule has 1 aliphatic carbocycles. The van der Waals surface area contributed by atoms with Crippen LogP contribution < -0.4 is 0 Å². The topological polar surface area (TPSA) is 51.2 Å². The van der Waals surface area contributed by atoms with Crippen LogP contribution in [-0.4, -0.2) is 21.0 Å². The van der Waals surface area contributed by atoms with Gasteiger partial charge in [-0.05, 0) is 30.5 Å². The lowest BCUT2D eigenvalue weighted by Gasteiger charge is -2.07. The van der Waals surface area contributed by atoms with E-state index in [1.165, 1.54) is 6.26 Å². The summed E-state index contributed by atoms with van der Waals surface area (Å²) in [7, 11) is -3.14. The van der Waals surface area contributed by atoms with Gasteiger partial charge in [-0.3, -0.25) is 0 Å². The highest BCUT2D eigenvalue weighted by Gasteiger charge is 2.44. The van der Waals surface area contributed by atoms with Crippen LogP contribution >= 0.6 is 0 Å². The molecule has 1 saturated carbocycles. The molecule has 0 spiro atoms. The van der Waals surface area contributed by atoms with Crippen molar-refractivity contribution in [2.45, 2.75) is 23.2 Å². The second kappa shape index (κ2) is 3.17. The molecule has 0 amide bonds. The van der Waals surface area contributed by atoms with Gasteiger partial charge >= 0.3 is 0 Å². The Morgan fingerprint density at radius 3 is 2.07 bits per heavy atom. The molecule has 15 heavy (non-hydrogen) atoms. The predicted octanol–water partition coefficient (Wildman–Crippen LogP) is 1.32. The van der Waals surface area contributed by atoms with E-state index in [0.29, 0.717) is 4.90 Å². The Hall–Kier alpha value is -1.16. The average Bonchev–Trinajstić information content (AvgIpc) is 2.97. The first kappa shape index (κ1) is 10.4. The van der Waals surface area contributed by atoms with Crippen molar-refractivity contribution in [1.29, 1.82) is 0 Å². The number of rotatable bonds is 3. The van der Waals surface area contributed by atoms with Crippen molar-refractivity contribution in [3.8, 4) is 0 Å². The quantitative estimate of drug-likeness (QED) is 0.728. The van der Waals surface area contributed by atoms with Gasteiger partial charge < -0.3 is 4.79 Å². The summed E-state index contributed by atoms with van der Waals surface area (Å²) < 4.78 is 22.4. The normalized spacial score (nSPS) is 18.5. The number of sulfone groups is 1. The molecule has 0 aliphatic heterocycles. The number of carbonyl (C=O) groups is 1. The monoisotopic (exact) mass is 224 g/mol. The Balaban J connectivity index is 2.37. The Morgan fingerprint density at radius 2 is 1.73 bits per heavy atom. The van der Waals surface area contributed by atoms with Gasteiger partial charge in [-0.15, -0.1) is 0 Å². The minimum Gasteiger partial charge on any atom is -0.302 e. The molecule has 1 fully saturated rings. The van der Waals surface area contributed by atoms with Crippen molar-refractivity contribution in [3.05, 3.63) is 29.8 Å². The molecule has 0 radical (unpaired) electrons. The number of hydrogen-bond donors (Lipinski definition) is 0. The SMILES string of the molecule is CS(=O)(=O)c1ccc(C2(C=O)CC2)cc1. The van der Waals surface area contributed by atoms with Gasteiger partial charge in [0.05, 0.1) is 10.3 Å². The van der Waals surface area contributed by atoms with Gasteiger partial charge in [-0.2, -0.15) is 0 Å². The first-order valence-electron chi connectivity index (χ1n) is 4.75. The summed E-state index contributed by atoms with van der Waals surface area (Å²) in [6, 6.07) is 6.60. The number of aldehydes is 1. The summed E-state index contributed by atoms with van der Waals surface area (Å²) in [5.74, 6) is 0. The van der Waals surface area contributed by atoms with E-state index < -0.39 is 9.84 Å². The van der Waals surface area contributed by atoms with Crippen LogP contribution in [0.2, 0.25) is 0 Å². The maximum atomic E-state index is 11.2. The molecule has 4 heteroatoms. The van der Waals surface area contributed by atoms with Crippen LogP contribution in [0.25, 0.3) is 0 Å². The van der Waals surface area contributed by atoms with Crippen LogP contribution in [0, 0.1) is 0 Å². The number of hydrogen-bond acceptors (Lipinski definition) is 3. The van der Waals surface area contributed by atoms with E-state index in [4.69, 9.17) is 0 Å². The second-order valence-corrected chi connectivity index (χ2v) is 6.09. The van der Waals surface area contributed by atoms with Crippen molar-refractivity contribution < 1.29 is 13.2 Å². The van der Waals surface area contributed by atoms with Gasteiger partial charge in [0.25, 0.3) is 0 Å². The van der Waals surface area contributed by atoms with E-state index in [0.717, 1.165) is 24.7 Å². The molecule has 80 valence electrons. The van der Waals surface area contributed by atoms with Crippen molar-refractivity contribution in [1.82, 2.24) is 0 Å². The lowest BCUT2D eigenvalue weighted by molar-refractivity contribution is -0.109. The van der Waals surface area contributed by atoms with E-state index >= 15 is 0 Å². The maximum Gasteiger partial charge on any atom is 0.175 e. The van der Waals surface area contributed by atoms with Gasteiger partial charge in [0, 0.05) is 6.26 Å². The summed E-state index contributed by atoms with van der Waals surface area (Å²) in [5, 5.41) is 0. The highest BCUT2D eigenvalue weighted by molar-refractivity contribution is 7.90. The average molecular weight is 224 g/mol. The fourth-order valence-corrected chi connectivity index (χ4v) is 2.27. The van der Waals surface area contributed by atoms with E-state index in [1.54, 1.807) is 24.3 Å². The van der Waals surface area contributed by atoms with E-state index in [1.807, 2.05) is 0 Å². The van der Waals surface area contributed by atoms with Crippen molar-refractivity contribution in [2.75, 3.05) is 6.26 Å². The molecule has 0 bridgehead atoms. The Morgan fingerprint density at radius 1 is 1.20 bits per heavy atom. The fourth-order valence-electron chi connectivity index (χ4n) is 1.64. The molecule has 0 saturated heterocycles. The molecule has 1 aromatic rings. The molecule has 2 rings (SSSR count). The first-order chi connectivity index (χ1) is 6.98. The van der Waals surface area contributed by atoms with Crippen LogP contribution in [0.3, 0.4) is 0 Å². The minimum atomic E-state index is -3.14. The standard InChI is InChI=1S/C11H12O3S/c1-15(13,14)10-4-2-9(3-5-10)11(8-12)6-7-11/h2-5,8H,6-7H2,1H3. The van der Waals surface area contributed by atoms with Gasteiger partial charge in [-0.1, -0.05) is 12.1 Å². The zero-order chi connectivity index (χ0) is 11.1. The zero-order valence-corrected chi connectivity index (χ0v) is 9.25. The lowest BCUT2D eigenvalue weighted by atomic mass is 9.98. The van der Waals surface area contributed by atoms with Gasteiger partial charge in [0.2, 0.25) is 0 Å². The molecule has 0 atom stereocenters. The van der Waals surface area contributed by atoms with Gasteiger partial charge in [0.15, 0.2) is 9.84 Å². The van der Waals surface area contributed by atoms with Crippen molar-refractivity contribution in [2.24, 2.45) is 0 Å². The molecular formula is C11H12O3S. The minimum absolute atomic E-state index is 0.299. The van der Waals surface area contributed by atoms with Crippen LogP contribution in [0.15, 0.2) is 29.2 Å². The summed E-state index contributed by atoms with van der Waals surface area (Å²) in [5.41, 5.74) is 0.598. The Bertz CT molecular complexity index is 481. The highest BCUT2D eigenvalue weighted by atomic mass is 32.2. The molecule has 0 unspecified atom stereocenters. The highest BCUT2D eigenvalue weighted by Crippen LogP contribution is 2.46. The maximum absolute atomic E-state index is 11.2. The number of benzene rings is 1. The zero-order valence-electron chi connectivity index (χ0n) is 8.43. The number of carbonyl (C=O) groups excluding carboxylic acids is 1. The molecule has 0 N–H and O–H groups in total. The van der Waals surface area contributed by atoms with Crippen LogP contribution in [0.5, 0.6) is 0 Å². The van der Waals surface area contributed by atoms with E-state index in [2.05, 4.69) is 0 Å². The van der Waals surface area contributed by atoms with Gasteiger partial charge in [0.1, 0.15) is 6.29 Å². The van der Waals surface area contributed by atoms with Crippen molar-refractivity contribution >= 4 is 16.1 Å². The van der Waals surface area contributed by atoms with Crippen molar-refractivity contribution in [3.63, 3.8) is 0 Å². The Labute approximate surface area is 89.0 Å².